The summed E-state index contributed by atoms with van der Waals surface area (Å²) in [6.07, 6.45) is 6.25. The Morgan fingerprint density at radius 2 is 2.00 bits per heavy atom. The highest BCUT2D eigenvalue weighted by Gasteiger charge is 2.50. The highest BCUT2D eigenvalue weighted by Crippen LogP contribution is 2.41. The van der Waals surface area contributed by atoms with Gasteiger partial charge in [0.15, 0.2) is 0 Å². The predicted octanol–water partition coefficient (Wildman–Crippen LogP) is 1.10. The lowest BCUT2D eigenvalue weighted by molar-refractivity contribution is 0.106. The Morgan fingerprint density at radius 3 is 2.50 bits per heavy atom. The van der Waals surface area contributed by atoms with E-state index in [2.05, 4.69) is 18.0 Å². The molecule has 3 heteroatoms. The first-order chi connectivity index (χ1) is 6.70. The fourth-order valence-corrected chi connectivity index (χ4v) is 3.22. The lowest BCUT2D eigenvalue weighted by Crippen LogP contribution is -2.54. The molecule has 1 spiro atoms. The summed E-state index contributed by atoms with van der Waals surface area (Å²) < 4.78 is 0. The number of likely N-dealkylation sites (N-methyl/N-ethyl adjacent to an activating group) is 1. The molecule has 1 aliphatic heterocycles. The minimum atomic E-state index is 0.0399. The zero-order valence-electron chi connectivity index (χ0n) is 8.87. The van der Waals surface area contributed by atoms with Gasteiger partial charge in [-0.3, -0.25) is 4.90 Å². The van der Waals surface area contributed by atoms with E-state index >= 15 is 0 Å². The van der Waals surface area contributed by atoms with Crippen molar-refractivity contribution in [2.45, 2.75) is 43.7 Å². The Bertz CT molecular complexity index is 250. The Labute approximate surface area is 85.9 Å². The zero-order valence-corrected chi connectivity index (χ0v) is 8.87. The van der Waals surface area contributed by atoms with E-state index in [1.807, 2.05) is 0 Å². The van der Waals surface area contributed by atoms with Crippen LogP contribution in [-0.2, 0) is 0 Å². The largest absolute Gasteiger partial charge is 0.325 e. The Balaban J connectivity index is 2.21. The molecular formula is C11H19N3. The second-order valence-corrected chi connectivity index (χ2v) is 4.81. The van der Waals surface area contributed by atoms with Gasteiger partial charge >= 0.3 is 0 Å². The third kappa shape index (κ3) is 1.25. The highest BCUT2D eigenvalue weighted by atomic mass is 15.2. The molecule has 2 fully saturated rings. The van der Waals surface area contributed by atoms with Crippen molar-refractivity contribution in [3.63, 3.8) is 0 Å². The van der Waals surface area contributed by atoms with Gasteiger partial charge in [-0.15, -0.1) is 0 Å². The summed E-state index contributed by atoms with van der Waals surface area (Å²) >= 11 is 0. The van der Waals surface area contributed by atoms with Gasteiger partial charge in [0.25, 0.3) is 0 Å². The molecule has 0 amide bonds. The first kappa shape index (κ1) is 9.95. The molecule has 78 valence electrons. The normalized spacial score (nSPS) is 37.2. The second-order valence-electron chi connectivity index (χ2n) is 4.81. The number of rotatable bonds is 0. The lowest BCUT2D eigenvalue weighted by atomic mass is 9.75. The fraction of sp³-hybridized carbons (Fsp3) is 0.909. The SMILES string of the molecule is CN1CC(C#N)C(N)C12CCCCC2. The summed E-state index contributed by atoms with van der Waals surface area (Å²) in [4.78, 5) is 2.34. The topological polar surface area (TPSA) is 53.0 Å². The van der Waals surface area contributed by atoms with Gasteiger partial charge in [-0.25, -0.2) is 0 Å². The molecule has 2 N–H and O–H groups in total. The Hall–Kier alpha value is -0.590. The number of likely N-dealkylation sites (tertiary alicyclic amines) is 1. The van der Waals surface area contributed by atoms with Crippen LogP contribution in [0.25, 0.3) is 0 Å². The van der Waals surface area contributed by atoms with Crippen molar-refractivity contribution in [1.29, 1.82) is 5.26 Å². The molecule has 0 bridgehead atoms. The average Bonchev–Trinajstić information content (AvgIpc) is 2.45. The molecule has 1 aliphatic carbocycles. The average molecular weight is 193 g/mol. The van der Waals surface area contributed by atoms with Gasteiger partial charge in [0.2, 0.25) is 0 Å². The van der Waals surface area contributed by atoms with Gasteiger partial charge < -0.3 is 5.73 Å². The minimum absolute atomic E-state index is 0.0399. The first-order valence-electron chi connectivity index (χ1n) is 5.57. The molecule has 1 saturated heterocycles. The van der Waals surface area contributed by atoms with Crippen LogP contribution in [0.2, 0.25) is 0 Å². The number of nitrogens with two attached hydrogens (primary N) is 1. The standard InChI is InChI=1S/C11H19N3/c1-14-8-9(7-12)10(13)11(14)5-3-2-4-6-11/h9-10H,2-6,8,13H2,1H3. The monoisotopic (exact) mass is 193 g/mol. The summed E-state index contributed by atoms with van der Waals surface area (Å²) in [5, 5.41) is 9.01. The number of nitriles is 1. The maximum atomic E-state index is 9.01. The van der Waals surface area contributed by atoms with Crippen LogP contribution in [-0.4, -0.2) is 30.1 Å². The summed E-state index contributed by atoms with van der Waals surface area (Å²) in [5.41, 5.74) is 6.38. The number of hydrogen-bond acceptors (Lipinski definition) is 3. The van der Waals surface area contributed by atoms with E-state index in [1.165, 1.54) is 32.1 Å². The smallest absolute Gasteiger partial charge is 0.0759 e. The molecular weight excluding hydrogens is 174 g/mol. The van der Waals surface area contributed by atoms with Crippen molar-refractivity contribution in [3.05, 3.63) is 0 Å². The molecule has 2 rings (SSSR count). The molecule has 0 aromatic heterocycles. The lowest BCUT2D eigenvalue weighted by Gasteiger charge is -2.42. The van der Waals surface area contributed by atoms with E-state index in [1.54, 1.807) is 0 Å². The van der Waals surface area contributed by atoms with Crippen LogP contribution in [0.5, 0.6) is 0 Å². The van der Waals surface area contributed by atoms with Crippen LogP contribution in [0.15, 0.2) is 0 Å². The predicted molar refractivity (Wildman–Crippen MR) is 55.5 cm³/mol. The minimum Gasteiger partial charge on any atom is -0.325 e. The van der Waals surface area contributed by atoms with Crippen molar-refractivity contribution in [2.24, 2.45) is 11.7 Å². The molecule has 14 heavy (non-hydrogen) atoms. The van der Waals surface area contributed by atoms with Crippen molar-refractivity contribution in [1.82, 2.24) is 4.90 Å². The number of hydrogen-bond donors (Lipinski definition) is 1. The van der Waals surface area contributed by atoms with Crippen LogP contribution in [0.3, 0.4) is 0 Å². The Morgan fingerprint density at radius 1 is 1.36 bits per heavy atom. The molecule has 3 nitrogen and oxygen atoms in total. The molecule has 2 unspecified atom stereocenters. The quantitative estimate of drug-likeness (QED) is 0.627. The van der Waals surface area contributed by atoms with Gasteiger partial charge in [-0.1, -0.05) is 19.3 Å². The molecule has 2 atom stereocenters. The van der Waals surface area contributed by atoms with E-state index in [4.69, 9.17) is 11.0 Å². The zero-order chi connectivity index (χ0) is 10.2. The summed E-state index contributed by atoms with van der Waals surface area (Å²) in [5.74, 6) is 0.0399. The third-order valence-electron chi connectivity index (χ3n) is 4.17. The van der Waals surface area contributed by atoms with Gasteiger partial charge in [0, 0.05) is 18.1 Å². The molecule has 1 saturated carbocycles. The molecule has 0 aromatic carbocycles. The van der Waals surface area contributed by atoms with Gasteiger partial charge in [-0.2, -0.15) is 5.26 Å². The molecule has 2 aliphatic rings. The van der Waals surface area contributed by atoms with Crippen LogP contribution in [0.1, 0.15) is 32.1 Å². The fourth-order valence-electron chi connectivity index (χ4n) is 3.22. The van der Waals surface area contributed by atoms with E-state index in [0.717, 1.165) is 6.54 Å². The van der Waals surface area contributed by atoms with Crippen molar-refractivity contribution in [3.8, 4) is 6.07 Å². The Kier molecular flexibility index (Phi) is 2.50. The maximum Gasteiger partial charge on any atom is 0.0759 e. The van der Waals surface area contributed by atoms with E-state index < -0.39 is 0 Å². The highest BCUT2D eigenvalue weighted by molar-refractivity contribution is 5.13. The first-order valence-corrected chi connectivity index (χ1v) is 5.57. The van der Waals surface area contributed by atoms with Crippen LogP contribution in [0, 0.1) is 17.2 Å². The molecule has 1 heterocycles. The van der Waals surface area contributed by atoms with Gasteiger partial charge in [0.05, 0.1) is 12.0 Å². The van der Waals surface area contributed by atoms with Crippen LogP contribution in [0.4, 0.5) is 0 Å². The summed E-state index contributed by atoms with van der Waals surface area (Å²) in [6, 6.07) is 2.42. The van der Waals surface area contributed by atoms with Crippen LogP contribution >= 0.6 is 0 Å². The van der Waals surface area contributed by atoms with Crippen molar-refractivity contribution < 1.29 is 0 Å². The van der Waals surface area contributed by atoms with Gasteiger partial charge in [-0.05, 0) is 19.9 Å². The summed E-state index contributed by atoms with van der Waals surface area (Å²) in [6.45, 7) is 0.859. The maximum absolute atomic E-state index is 9.01. The van der Waals surface area contributed by atoms with Gasteiger partial charge in [0.1, 0.15) is 0 Å². The molecule has 0 aromatic rings. The van der Waals surface area contributed by atoms with E-state index in [9.17, 15) is 0 Å². The van der Waals surface area contributed by atoms with Crippen molar-refractivity contribution >= 4 is 0 Å². The third-order valence-corrected chi connectivity index (χ3v) is 4.17. The molecule has 0 radical (unpaired) electrons. The van der Waals surface area contributed by atoms with E-state index in [-0.39, 0.29) is 17.5 Å². The number of nitrogens with zero attached hydrogens (tertiary/aromatic N) is 2. The van der Waals surface area contributed by atoms with E-state index in [0.29, 0.717) is 0 Å². The van der Waals surface area contributed by atoms with Crippen LogP contribution < -0.4 is 5.73 Å². The van der Waals surface area contributed by atoms with Crippen molar-refractivity contribution in [2.75, 3.05) is 13.6 Å². The summed E-state index contributed by atoms with van der Waals surface area (Å²) in [7, 11) is 2.13. The second kappa shape index (κ2) is 3.52.